The number of nitrogens with one attached hydrogen (secondary N) is 1. The van der Waals surface area contributed by atoms with E-state index in [1.54, 1.807) is 12.1 Å². The van der Waals surface area contributed by atoms with Crippen molar-refractivity contribution in [3.63, 3.8) is 0 Å². The first-order valence-corrected chi connectivity index (χ1v) is 7.80. The largest absolute Gasteiger partial charge is 0.492 e. The second-order valence-corrected chi connectivity index (χ2v) is 5.52. The lowest BCUT2D eigenvalue weighted by molar-refractivity contribution is -0.123. The van der Waals surface area contributed by atoms with Crippen molar-refractivity contribution >= 4 is 5.91 Å². The van der Waals surface area contributed by atoms with Crippen molar-refractivity contribution in [2.75, 3.05) is 26.7 Å². The second kappa shape index (κ2) is 9.16. The lowest BCUT2D eigenvalue weighted by Crippen LogP contribution is -2.49. The molecule has 0 saturated carbocycles. The Morgan fingerprint density at radius 2 is 1.96 bits per heavy atom. The van der Waals surface area contributed by atoms with Crippen LogP contribution in [0.4, 0.5) is 4.39 Å². The molecule has 0 aromatic heterocycles. The van der Waals surface area contributed by atoms with Gasteiger partial charge in [-0.2, -0.15) is 0 Å². The monoisotopic (exact) mass is 320 g/mol. The van der Waals surface area contributed by atoms with Crippen molar-refractivity contribution in [3.8, 4) is 18.1 Å². The molecular weight excluding hydrogens is 295 g/mol. The molecule has 5 heteroatoms. The van der Waals surface area contributed by atoms with E-state index in [4.69, 9.17) is 11.2 Å². The van der Waals surface area contributed by atoms with Crippen LogP contribution < -0.4 is 10.1 Å². The van der Waals surface area contributed by atoms with E-state index in [0.29, 0.717) is 31.7 Å². The van der Waals surface area contributed by atoms with Gasteiger partial charge < -0.3 is 10.1 Å². The molecule has 4 nitrogen and oxygen atoms in total. The summed E-state index contributed by atoms with van der Waals surface area (Å²) in [4.78, 5) is 13.9. The Bertz CT molecular complexity index is 533. The van der Waals surface area contributed by atoms with Crippen LogP contribution in [0.3, 0.4) is 0 Å². The van der Waals surface area contributed by atoms with Gasteiger partial charge in [0.1, 0.15) is 23.7 Å². The predicted octanol–water partition coefficient (Wildman–Crippen LogP) is 2.44. The molecule has 0 radical (unpaired) electrons. The summed E-state index contributed by atoms with van der Waals surface area (Å²) in [5, 5.41) is 2.93. The van der Waals surface area contributed by atoms with Crippen LogP contribution in [0.15, 0.2) is 24.3 Å². The molecule has 126 valence electrons. The highest BCUT2D eigenvalue weighted by Crippen LogP contribution is 2.13. The molecule has 1 amide bonds. The number of hydrogen-bond acceptors (Lipinski definition) is 3. The van der Waals surface area contributed by atoms with Crippen molar-refractivity contribution < 1.29 is 13.9 Å². The maximum absolute atomic E-state index is 12.8. The lowest BCUT2D eigenvalue weighted by Gasteiger charge is -2.28. The molecule has 0 atom stereocenters. The van der Waals surface area contributed by atoms with Gasteiger partial charge in [0.2, 0.25) is 5.91 Å². The summed E-state index contributed by atoms with van der Waals surface area (Å²) < 4.78 is 18.3. The van der Waals surface area contributed by atoms with E-state index in [0.717, 1.165) is 0 Å². The molecule has 0 fully saturated rings. The average molecular weight is 320 g/mol. The van der Waals surface area contributed by atoms with Crippen LogP contribution in [0.5, 0.6) is 5.75 Å². The van der Waals surface area contributed by atoms with Crippen LogP contribution in [0.2, 0.25) is 0 Å². The fraction of sp³-hybridized carbons (Fsp3) is 0.500. The molecule has 0 spiro atoms. The van der Waals surface area contributed by atoms with Gasteiger partial charge in [0.15, 0.2) is 0 Å². The lowest BCUT2D eigenvalue weighted by atomic mass is 9.94. The number of likely N-dealkylation sites (N-methyl/N-ethyl adjacent to an activating group) is 1. The van der Waals surface area contributed by atoms with Crippen LogP contribution in [-0.4, -0.2) is 43.1 Å². The zero-order valence-corrected chi connectivity index (χ0v) is 14.1. The van der Waals surface area contributed by atoms with E-state index >= 15 is 0 Å². The maximum Gasteiger partial charge on any atom is 0.235 e. The Labute approximate surface area is 138 Å². The molecule has 0 unspecified atom stereocenters. The van der Waals surface area contributed by atoms with E-state index in [1.165, 1.54) is 12.1 Å². The molecular formula is C18H25FN2O2. The fourth-order valence-electron chi connectivity index (χ4n) is 2.15. The van der Waals surface area contributed by atoms with Crippen LogP contribution >= 0.6 is 0 Å². The van der Waals surface area contributed by atoms with Gasteiger partial charge in [0.05, 0.1) is 6.54 Å². The van der Waals surface area contributed by atoms with Crippen LogP contribution in [-0.2, 0) is 4.79 Å². The Kier molecular flexibility index (Phi) is 7.56. The number of benzene rings is 1. The first kappa shape index (κ1) is 19.0. The number of nitrogens with zero attached hydrogens (tertiary/aromatic N) is 1. The van der Waals surface area contributed by atoms with Crippen molar-refractivity contribution in [2.24, 2.45) is 0 Å². The summed E-state index contributed by atoms with van der Waals surface area (Å²) in [5.74, 6) is 2.89. The Morgan fingerprint density at radius 3 is 2.48 bits per heavy atom. The summed E-state index contributed by atoms with van der Waals surface area (Å²) in [7, 11) is 1.84. The highest BCUT2D eigenvalue weighted by Gasteiger charge is 2.25. The summed E-state index contributed by atoms with van der Waals surface area (Å²) >= 11 is 0. The van der Waals surface area contributed by atoms with E-state index < -0.39 is 5.54 Å². The highest BCUT2D eigenvalue weighted by molar-refractivity contribution is 5.79. The van der Waals surface area contributed by atoms with Crippen LogP contribution in [0.1, 0.15) is 26.7 Å². The van der Waals surface area contributed by atoms with E-state index in [9.17, 15) is 9.18 Å². The number of halogens is 1. The number of carbonyl (C=O) groups is 1. The second-order valence-electron chi connectivity index (χ2n) is 5.52. The van der Waals surface area contributed by atoms with E-state index in [-0.39, 0.29) is 18.3 Å². The Balaban J connectivity index is 2.35. The third kappa shape index (κ3) is 6.29. The van der Waals surface area contributed by atoms with Crippen molar-refractivity contribution in [3.05, 3.63) is 30.1 Å². The third-order valence-corrected chi connectivity index (χ3v) is 3.83. The van der Waals surface area contributed by atoms with Gasteiger partial charge in [-0.25, -0.2) is 4.39 Å². The topological polar surface area (TPSA) is 41.6 Å². The molecule has 1 aromatic carbocycles. The summed E-state index contributed by atoms with van der Waals surface area (Å²) in [5.41, 5.74) is -0.567. The van der Waals surface area contributed by atoms with Crippen molar-refractivity contribution in [1.82, 2.24) is 10.2 Å². The highest BCUT2D eigenvalue weighted by atomic mass is 19.1. The van der Waals surface area contributed by atoms with Gasteiger partial charge in [-0.15, -0.1) is 6.42 Å². The first-order chi connectivity index (χ1) is 10.9. The van der Waals surface area contributed by atoms with Crippen LogP contribution in [0.25, 0.3) is 0 Å². The zero-order chi connectivity index (χ0) is 17.3. The first-order valence-electron chi connectivity index (χ1n) is 7.80. The minimum Gasteiger partial charge on any atom is -0.492 e. The predicted molar refractivity (Wildman–Crippen MR) is 89.7 cm³/mol. The molecule has 0 heterocycles. The van der Waals surface area contributed by atoms with E-state index in [1.807, 2.05) is 25.8 Å². The third-order valence-electron chi connectivity index (χ3n) is 3.83. The molecule has 0 aliphatic heterocycles. The Morgan fingerprint density at radius 1 is 1.35 bits per heavy atom. The quantitative estimate of drug-likeness (QED) is 0.711. The number of amides is 1. The summed E-state index contributed by atoms with van der Waals surface area (Å²) in [6.07, 6.45) is 6.93. The summed E-state index contributed by atoms with van der Waals surface area (Å²) in [6, 6.07) is 5.85. The zero-order valence-electron chi connectivity index (χ0n) is 14.1. The van der Waals surface area contributed by atoms with Crippen molar-refractivity contribution in [2.45, 2.75) is 32.2 Å². The number of rotatable bonds is 9. The fourth-order valence-corrected chi connectivity index (χ4v) is 2.15. The van der Waals surface area contributed by atoms with Gasteiger partial charge >= 0.3 is 0 Å². The smallest absolute Gasteiger partial charge is 0.235 e. The molecule has 0 saturated heterocycles. The van der Waals surface area contributed by atoms with Crippen molar-refractivity contribution in [1.29, 1.82) is 0 Å². The van der Waals surface area contributed by atoms with E-state index in [2.05, 4.69) is 11.2 Å². The Hall–Kier alpha value is -2.06. The van der Waals surface area contributed by atoms with Gasteiger partial charge in [0.25, 0.3) is 0 Å². The van der Waals surface area contributed by atoms with Gasteiger partial charge in [0, 0.05) is 6.54 Å². The maximum atomic E-state index is 12.8. The number of terminal acetylenes is 1. The molecule has 1 N–H and O–H groups in total. The standard InChI is InChI=1S/C18H25FN2O2/c1-5-18(6-2,7-3)20-17(22)14-21(4)12-13-23-16-10-8-15(19)9-11-16/h1,8-11H,6-7,12-14H2,2-4H3,(H,20,22). The SMILES string of the molecule is C#CC(CC)(CC)NC(=O)CN(C)CCOc1ccc(F)cc1. The minimum absolute atomic E-state index is 0.101. The number of ether oxygens (including phenoxy) is 1. The molecule has 1 rings (SSSR count). The molecule has 0 aliphatic rings. The van der Waals surface area contributed by atoms with Gasteiger partial charge in [-0.05, 0) is 44.2 Å². The number of carbonyl (C=O) groups excluding carboxylic acids is 1. The average Bonchev–Trinajstić information content (AvgIpc) is 2.54. The molecule has 23 heavy (non-hydrogen) atoms. The molecule has 1 aromatic rings. The molecule has 0 aliphatic carbocycles. The summed E-state index contributed by atoms with van der Waals surface area (Å²) in [6.45, 7) is 5.16. The van der Waals surface area contributed by atoms with Crippen LogP contribution in [0, 0.1) is 18.2 Å². The minimum atomic E-state index is -0.567. The number of hydrogen-bond donors (Lipinski definition) is 1. The van der Waals surface area contributed by atoms with Gasteiger partial charge in [-0.1, -0.05) is 19.8 Å². The molecule has 0 bridgehead atoms. The van der Waals surface area contributed by atoms with Gasteiger partial charge in [-0.3, -0.25) is 9.69 Å². The normalized spacial score (nSPS) is 11.1.